The van der Waals surface area contributed by atoms with Gasteiger partial charge in [0.2, 0.25) is 11.8 Å². The number of rotatable bonds is 9. The van der Waals surface area contributed by atoms with Crippen molar-refractivity contribution in [3.63, 3.8) is 0 Å². The van der Waals surface area contributed by atoms with Gasteiger partial charge in [0.05, 0.1) is 4.90 Å². The highest BCUT2D eigenvalue weighted by Crippen LogP contribution is 2.27. The van der Waals surface area contributed by atoms with E-state index in [1.54, 1.807) is 58.0 Å². The number of para-hydroxylation sites is 1. The summed E-state index contributed by atoms with van der Waals surface area (Å²) in [4.78, 5) is 27.3. The molecule has 2 aromatic carbocycles. The molecule has 9 heteroatoms. The van der Waals surface area contributed by atoms with Crippen LogP contribution in [0.1, 0.15) is 33.3 Å². The molecule has 34 heavy (non-hydrogen) atoms. The smallest absolute Gasteiger partial charge is 0.242 e. The van der Waals surface area contributed by atoms with Crippen LogP contribution in [0.25, 0.3) is 10.9 Å². The molecule has 0 unspecified atom stereocenters. The van der Waals surface area contributed by atoms with Crippen molar-refractivity contribution in [2.24, 2.45) is 0 Å². The standard InChI is InChI=1S/C25H30ClN3O4S/c1-17(2)29(18(3)4)25(31)15-28-14-23(20-10-6-8-12-22(20)28)34(32,33)16-24(30)27-13-19-9-5-7-11-21(19)26/h5-12,14,17-18H,13,15-16H2,1-4H3,(H,27,30). The van der Waals surface area contributed by atoms with Crippen LogP contribution < -0.4 is 5.32 Å². The molecule has 7 nitrogen and oxygen atoms in total. The molecule has 0 bridgehead atoms. The second-order valence-corrected chi connectivity index (χ2v) is 11.1. The van der Waals surface area contributed by atoms with Crippen LogP contribution >= 0.6 is 11.6 Å². The molecule has 3 rings (SSSR count). The van der Waals surface area contributed by atoms with Gasteiger partial charge in [-0.15, -0.1) is 0 Å². The van der Waals surface area contributed by atoms with E-state index < -0.39 is 21.5 Å². The van der Waals surface area contributed by atoms with Gasteiger partial charge in [0.1, 0.15) is 12.3 Å². The SMILES string of the molecule is CC(C)N(C(=O)Cn1cc(S(=O)(=O)CC(=O)NCc2ccccc2Cl)c2ccccc21)C(C)C. The molecule has 2 amide bonds. The Labute approximate surface area is 205 Å². The average molecular weight is 504 g/mol. The van der Waals surface area contributed by atoms with Crippen molar-refractivity contribution in [3.05, 3.63) is 65.3 Å². The van der Waals surface area contributed by atoms with Gasteiger partial charge in [-0.3, -0.25) is 9.59 Å². The lowest BCUT2D eigenvalue weighted by atomic mass is 10.2. The van der Waals surface area contributed by atoms with E-state index in [0.29, 0.717) is 21.5 Å². The summed E-state index contributed by atoms with van der Waals surface area (Å²) in [6.45, 7) is 7.92. The summed E-state index contributed by atoms with van der Waals surface area (Å²) in [7, 11) is -3.96. The molecule has 182 valence electrons. The fraction of sp³-hybridized carbons (Fsp3) is 0.360. The number of aromatic nitrogens is 1. The molecular weight excluding hydrogens is 474 g/mol. The molecule has 0 saturated heterocycles. The van der Waals surface area contributed by atoms with Crippen molar-refractivity contribution < 1.29 is 18.0 Å². The van der Waals surface area contributed by atoms with Crippen molar-refractivity contribution in [3.8, 4) is 0 Å². The van der Waals surface area contributed by atoms with Gasteiger partial charge in [0, 0.05) is 40.8 Å². The van der Waals surface area contributed by atoms with Crippen LogP contribution in [0.3, 0.4) is 0 Å². The monoisotopic (exact) mass is 503 g/mol. The Hall–Kier alpha value is -2.84. The first-order valence-corrected chi connectivity index (χ1v) is 13.2. The van der Waals surface area contributed by atoms with Gasteiger partial charge in [-0.2, -0.15) is 0 Å². The predicted molar refractivity (Wildman–Crippen MR) is 134 cm³/mol. The highest BCUT2D eigenvalue weighted by Gasteiger charge is 2.26. The van der Waals surface area contributed by atoms with E-state index in [1.165, 1.54) is 6.20 Å². The molecule has 3 aromatic rings. The summed E-state index contributed by atoms with van der Waals surface area (Å²) in [5, 5.41) is 3.60. The fourth-order valence-corrected chi connectivity index (χ4v) is 5.73. The number of benzene rings is 2. The minimum absolute atomic E-state index is 0.00506. The number of nitrogens with one attached hydrogen (secondary N) is 1. The van der Waals surface area contributed by atoms with Crippen LogP contribution in [0.4, 0.5) is 0 Å². The first-order valence-electron chi connectivity index (χ1n) is 11.1. The largest absolute Gasteiger partial charge is 0.351 e. The number of hydrogen-bond acceptors (Lipinski definition) is 4. The second-order valence-electron chi connectivity index (χ2n) is 8.75. The summed E-state index contributed by atoms with van der Waals surface area (Å²) in [5.41, 5.74) is 1.32. The van der Waals surface area contributed by atoms with Crippen LogP contribution in [-0.4, -0.2) is 47.5 Å². The van der Waals surface area contributed by atoms with E-state index >= 15 is 0 Å². The zero-order valence-electron chi connectivity index (χ0n) is 19.8. The summed E-state index contributed by atoms with van der Waals surface area (Å²) >= 11 is 6.10. The molecule has 0 radical (unpaired) electrons. The third kappa shape index (κ3) is 5.80. The minimum atomic E-state index is -3.96. The summed E-state index contributed by atoms with van der Waals surface area (Å²) < 4.78 is 28.0. The maximum atomic E-state index is 13.2. The molecule has 0 aliphatic rings. The number of carbonyl (C=O) groups is 2. The molecule has 0 aliphatic carbocycles. The topological polar surface area (TPSA) is 88.5 Å². The van der Waals surface area contributed by atoms with E-state index in [0.717, 1.165) is 0 Å². The van der Waals surface area contributed by atoms with Crippen molar-refractivity contribution in [1.29, 1.82) is 0 Å². The molecule has 1 aromatic heterocycles. The van der Waals surface area contributed by atoms with Gasteiger partial charge in [0.25, 0.3) is 0 Å². The predicted octanol–water partition coefficient (Wildman–Crippen LogP) is 4.03. The van der Waals surface area contributed by atoms with Crippen LogP contribution in [0, 0.1) is 0 Å². The zero-order valence-corrected chi connectivity index (χ0v) is 21.4. The Balaban J connectivity index is 1.84. The minimum Gasteiger partial charge on any atom is -0.351 e. The Bertz CT molecular complexity index is 1290. The Morgan fingerprint density at radius 3 is 2.26 bits per heavy atom. The van der Waals surface area contributed by atoms with Crippen LogP contribution in [0.5, 0.6) is 0 Å². The van der Waals surface area contributed by atoms with Crippen molar-refractivity contribution >= 4 is 44.2 Å². The molecule has 1 heterocycles. The van der Waals surface area contributed by atoms with Gasteiger partial charge in [-0.25, -0.2) is 8.42 Å². The number of amides is 2. The Kier molecular flexibility index (Phi) is 8.05. The second kappa shape index (κ2) is 10.6. The van der Waals surface area contributed by atoms with E-state index in [4.69, 9.17) is 11.6 Å². The zero-order chi connectivity index (χ0) is 25.0. The van der Waals surface area contributed by atoms with Crippen molar-refractivity contribution in [2.45, 2.75) is 57.8 Å². The highest BCUT2D eigenvalue weighted by atomic mass is 35.5. The van der Waals surface area contributed by atoms with Crippen LogP contribution in [0.2, 0.25) is 5.02 Å². The quantitative estimate of drug-likeness (QED) is 0.477. The first kappa shape index (κ1) is 25.8. The number of hydrogen-bond donors (Lipinski definition) is 1. The number of sulfone groups is 1. The summed E-state index contributed by atoms with van der Waals surface area (Å²) in [6, 6.07) is 14.0. The van der Waals surface area contributed by atoms with Gasteiger partial charge >= 0.3 is 0 Å². The maximum Gasteiger partial charge on any atom is 0.242 e. The molecule has 0 aliphatic heterocycles. The van der Waals surface area contributed by atoms with Crippen LogP contribution in [-0.2, 0) is 32.5 Å². The summed E-state index contributed by atoms with van der Waals surface area (Å²) in [5.74, 6) is -1.44. The molecule has 0 fully saturated rings. The van der Waals surface area contributed by atoms with Crippen molar-refractivity contribution in [1.82, 2.24) is 14.8 Å². The number of carbonyl (C=O) groups excluding carboxylic acids is 2. The third-order valence-corrected chi connectivity index (χ3v) is 7.55. The maximum absolute atomic E-state index is 13.2. The number of halogens is 1. The molecular formula is C25H30ClN3O4S. The first-order chi connectivity index (χ1) is 16.0. The van der Waals surface area contributed by atoms with Gasteiger partial charge < -0.3 is 14.8 Å². The number of nitrogens with zero attached hydrogens (tertiary/aromatic N) is 2. The van der Waals surface area contributed by atoms with E-state index in [9.17, 15) is 18.0 Å². The average Bonchev–Trinajstić information content (AvgIpc) is 3.12. The number of fused-ring (bicyclic) bond motifs is 1. The molecule has 1 N–H and O–H groups in total. The Morgan fingerprint density at radius 2 is 1.62 bits per heavy atom. The summed E-state index contributed by atoms with van der Waals surface area (Å²) in [6.07, 6.45) is 1.46. The van der Waals surface area contributed by atoms with Gasteiger partial charge in [-0.1, -0.05) is 48.0 Å². The van der Waals surface area contributed by atoms with Gasteiger partial charge in [-0.05, 0) is 45.4 Å². The van der Waals surface area contributed by atoms with Gasteiger partial charge in [0.15, 0.2) is 9.84 Å². The molecule has 0 saturated carbocycles. The van der Waals surface area contributed by atoms with E-state index in [1.807, 2.05) is 27.7 Å². The third-order valence-electron chi connectivity index (χ3n) is 5.55. The lowest BCUT2D eigenvalue weighted by Gasteiger charge is -2.31. The van der Waals surface area contributed by atoms with Crippen molar-refractivity contribution in [2.75, 3.05) is 5.75 Å². The highest BCUT2D eigenvalue weighted by molar-refractivity contribution is 7.92. The van der Waals surface area contributed by atoms with E-state index in [-0.39, 0.29) is 36.0 Å². The van der Waals surface area contributed by atoms with Crippen LogP contribution in [0.15, 0.2) is 59.6 Å². The molecule has 0 spiro atoms. The van der Waals surface area contributed by atoms with E-state index in [2.05, 4.69) is 5.32 Å². The normalized spacial score (nSPS) is 11.9. The lowest BCUT2D eigenvalue weighted by molar-refractivity contribution is -0.135. The Morgan fingerprint density at radius 1 is 1.00 bits per heavy atom. The lowest BCUT2D eigenvalue weighted by Crippen LogP contribution is -2.43. The molecule has 0 atom stereocenters. The fourth-order valence-electron chi connectivity index (χ4n) is 4.13.